The van der Waals surface area contributed by atoms with Crippen molar-refractivity contribution in [3.8, 4) is 11.3 Å². The summed E-state index contributed by atoms with van der Waals surface area (Å²) in [6.07, 6.45) is 9.06. The average molecular weight is 304 g/mol. The summed E-state index contributed by atoms with van der Waals surface area (Å²) in [5, 5.41) is 0. The van der Waals surface area contributed by atoms with Crippen molar-refractivity contribution >= 4 is 0 Å². The smallest absolute Gasteiger partial charge is 0.116 e. The Labute approximate surface area is 138 Å². The van der Waals surface area contributed by atoms with Gasteiger partial charge in [0.2, 0.25) is 0 Å². The molecule has 0 aliphatic heterocycles. The summed E-state index contributed by atoms with van der Waals surface area (Å²) in [4.78, 5) is 9.37. The topological polar surface area (TPSA) is 25.8 Å². The highest BCUT2D eigenvalue weighted by atomic mass is 14.9. The molecule has 0 spiro atoms. The Hall–Kier alpha value is -1.70. The number of nitrogens with zero attached hydrogens (tertiary/aromatic N) is 2. The van der Waals surface area contributed by atoms with E-state index < -0.39 is 0 Å². The fourth-order valence-electron chi connectivity index (χ4n) is 6.11. The van der Waals surface area contributed by atoms with E-state index in [0.717, 1.165) is 29.4 Å². The van der Waals surface area contributed by atoms with Crippen molar-refractivity contribution in [3.05, 3.63) is 47.9 Å². The quantitative estimate of drug-likeness (QED) is 0.781. The summed E-state index contributed by atoms with van der Waals surface area (Å²) < 4.78 is 0. The van der Waals surface area contributed by atoms with E-state index in [2.05, 4.69) is 42.2 Å². The van der Waals surface area contributed by atoms with Gasteiger partial charge in [-0.25, -0.2) is 9.97 Å². The van der Waals surface area contributed by atoms with Crippen LogP contribution in [0.4, 0.5) is 0 Å². The lowest BCUT2D eigenvalue weighted by molar-refractivity contribution is 0.229. The van der Waals surface area contributed by atoms with Crippen LogP contribution in [0.1, 0.15) is 49.3 Å². The van der Waals surface area contributed by atoms with Gasteiger partial charge in [-0.05, 0) is 61.8 Å². The Kier molecular flexibility index (Phi) is 3.07. The molecule has 1 heterocycles. The van der Waals surface area contributed by atoms with E-state index in [4.69, 9.17) is 4.98 Å². The van der Waals surface area contributed by atoms with E-state index in [-0.39, 0.29) is 0 Å². The van der Waals surface area contributed by atoms with E-state index in [9.17, 15) is 0 Å². The second kappa shape index (κ2) is 5.15. The van der Waals surface area contributed by atoms with Gasteiger partial charge in [0, 0.05) is 11.5 Å². The molecule has 2 heteroatoms. The number of benzene rings is 1. The van der Waals surface area contributed by atoms with E-state index >= 15 is 0 Å². The molecule has 3 aliphatic rings. The molecule has 3 fully saturated rings. The minimum atomic E-state index is 0.685. The molecule has 0 amide bonds. The van der Waals surface area contributed by atoms with Gasteiger partial charge in [0.05, 0.1) is 11.4 Å². The third kappa shape index (κ3) is 2.00. The minimum Gasteiger partial charge on any atom is -0.241 e. The van der Waals surface area contributed by atoms with Crippen LogP contribution in [-0.2, 0) is 0 Å². The summed E-state index contributed by atoms with van der Waals surface area (Å²) in [7, 11) is 0. The highest BCUT2D eigenvalue weighted by Crippen LogP contribution is 2.63. The van der Waals surface area contributed by atoms with Gasteiger partial charge < -0.3 is 0 Å². The molecule has 3 saturated carbocycles. The van der Waals surface area contributed by atoms with Crippen LogP contribution >= 0.6 is 0 Å². The lowest BCUT2D eigenvalue weighted by atomic mass is 9.73. The zero-order valence-electron chi connectivity index (χ0n) is 13.8. The van der Waals surface area contributed by atoms with Gasteiger partial charge in [0.25, 0.3) is 0 Å². The lowest BCUT2D eigenvalue weighted by Gasteiger charge is -2.32. The predicted molar refractivity (Wildman–Crippen MR) is 92.0 cm³/mol. The van der Waals surface area contributed by atoms with Crippen molar-refractivity contribution in [3.63, 3.8) is 0 Å². The maximum absolute atomic E-state index is 4.77. The summed E-state index contributed by atoms with van der Waals surface area (Å²) >= 11 is 0. The Bertz CT molecular complexity index is 724. The maximum Gasteiger partial charge on any atom is 0.116 e. The molecule has 2 aromatic rings. The fraction of sp³-hybridized carbons (Fsp3) is 0.524. The third-order valence-corrected chi connectivity index (χ3v) is 6.95. The first-order chi connectivity index (χ1) is 11.3. The first-order valence-corrected chi connectivity index (χ1v) is 9.20. The van der Waals surface area contributed by atoms with Crippen molar-refractivity contribution in [2.45, 2.75) is 44.9 Å². The first kappa shape index (κ1) is 13.7. The molecule has 118 valence electrons. The molecular formula is C21H24N2. The van der Waals surface area contributed by atoms with Crippen LogP contribution in [0.25, 0.3) is 11.3 Å². The Morgan fingerprint density at radius 3 is 2.61 bits per heavy atom. The van der Waals surface area contributed by atoms with E-state index in [0.29, 0.717) is 5.92 Å². The molecule has 5 rings (SSSR count). The van der Waals surface area contributed by atoms with Crippen LogP contribution in [0.3, 0.4) is 0 Å². The first-order valence-electron chi connectivity index (χ1n) is 9.20. The zero-order chi connectivity index (χ0) is 15.4. The van der Waals surface area contributed by atoms with Gasteiger partial charge in [-0.2, -0.15) is 0 Å². The van der Waals surface area contributed by atoms with Crippen LogP contribution in [0, 0.1) is 30.6 Å². The lowest BCUT2D eigenvalue weighted by Crippen LogP contribution is -2.24. The zero-order valence-corrected chi connectivity index (χ0v) is 13.8. The molecule has 2 bridgehead atoms. The van der Waals surface area contributed by atoms with Crippen molar-refractivity contribution in [1.82, 2.24) is 9.97 Å². The normalized spacial score (nSPS) is 34.7. The van der Waals surface area contributed by atoms with Crippen molar-refractivity contribution in [1.29, 1.82) is 0 Å². The van der Waals surface area contributed by atoms with E-state index in [1.807, 2.05) is 0 Å². The third-order valence-electron chi connectivity index (χ3n) is 6.95. The second-order valence-corrected chi connectivity index (χ2v) is 7.86. The summed E-state index contributed by atoms with van der Waals surface area (Å²) in [6, 6.07) is 10.6. The standard InChI is InChI=1S/C21H24N2/c1-13-20(14-6-3-2-4-7-14)22-12-23-21(13)19-11-15-10-18(19)17-9-5-8-16(15)17/h2-4,6-7,12,15-19H,5,8-11H2,1H3. The van der Waals surface area contributed by atoms with Gasteiger partial charge in [0.1, 0.15) is 6.33 Å². The van der Waals surface area contributed by atoms with Gasteiger partial charge in [-0.15, -0.1) is 0 Å². The fourth-order valence-corrected chi connectivity index (χ4v) is 6.11. The number of rotatable bonds is 2. The van der Waals surface area contributed by atoms with Crippen molar-refractivity contribution < 1.29 is 0 Å². The van der Waals surface area contributed by atoms with E-state index in [1.165, 1.54) is 48.9 Å². The second-order valence-electron chi connectivity index (χ2n) is 7.86. The van der Waals surface area contributed by atoms with Crippen molar-refractivity contribution in [2.24, 2.45) is 23.7 Å². The molecule has 23 heavy (non-hydrogen) atoms. The van der Waals surface area contributed by atoms with Crippen LogP contribution in [-0.4, -0.2) is 9.97 Å². The number of fused-ring (bicyclic) bond motifs is 5. The molecule has 5 unspecified atom stereocenters. The molecular weight excluding hydrogens is 280 g/mol. The Morgan fingerprint density at radius 2 is 1.74 bits per heavy atom. The van der Waals surface area contributed by atoms with Gasteiger partial charge >= 0.3 is 0 Å². The summed E-state index contributed by atoms with van der Waals surface area (Å²) in [5.41, 5.74) is 5.00. The van der Waals surface area contributed by atoms with Crippen LogP contribution in [0.2, 0.25) is 0 Å². The highest BCUT2D eigenvalue weighted by molar-refractivity contribution is 5.63. The van der Waals surface area contributed by atoms with E-state index in [1.54, 1.807) is 6.33 Å². The summed E-state index contributed by atoms with van der Waals surface area (Å²) in [6.45, 7) is 2.23. The molecule has 2 nitrogen and oxygen atoms in total. The molecule has 1 aromatic carbocycles. The average Bonchev–Trinajstić information content (AvgIpc) is 3.29. The molecule has 0 radical (unpaired) electrons. The van der Waals surface area contributed by atoms with Gasteiger partial charge in [-0.1, -0.05) is 36.8 Å². The largest absolute Gasteiger partial charge is 0.241 e. The highest BCUT2D eigenvalue weighted by Gasteiger charge is 2.54. The SMILES string of the molecule is Cc1c(-c2ccccc2)ncnc1C1CC2CC1C1CCCC21. The Morgan fingerprint density at radius 1 is 0.913 bits per heavy atom. The Balaban J connectivity index is 1.53. The van der Waals surface area contributed by atoms with Crippen LogP contribution < -0.4 is 0 Å². The van der Waals surface area contributed by atoms with Gasteiger partial charge in [0.15, 0.2) is 0 Å². The number of hydrogen-bond donors (Lipinski definition) is 0. The molecule has 0 N–H and O–H groups in total. The van der Waals surface area contributed by atoms with Gasteiger partial charge in [-0.3, -0.25) is 0 Å². The number of aromatic nitrogens is 2. The predicted octanol–water partition coefficient (Wildman–Crippen LogP) is 4.99. The van der Waals surface area contributed by atoms with Crippen LogP contribution in [0.5, 0.6) is 0 Å². The molecule has 1 aromatic heterocycles. The molecule has 3 aliphatic carbocycles. The molecule has 0 saturated heterocycles. The van der Waals surface area contributed by atoms with Crippen molar-refractivity contribution in [2.75, 3.05) is 0 Å². The minimum absolute atomic E-state index is 0.685. The van der Waals surface area contributed by atoms with Crippen LogP contribution in [0.15, 0.2) is 36.7 Å². The molecule has 5 atom stereocenters. The maximum atomic E-state index is 4.77. The monoisotopic (exact) mass is 304 g/mol. The number of hydrogen-bond acceptors (Lipinski definition) is 2. The summed E-state index contributed by atoms with van der Waals surface area (Å²) in [5.74, 6) is 4.60.